The van der Waals surface area contributed by atoms with E-state index < -0.39 is 0 Å². The van der Waals surface area contributed by atoms with Crippen LogP contribution >= 0.6 is 0 Å². The molecule has 0 aromatic carbocycles. The lowest BCUT2D eigenvalue weighted by Crippen LogP contribution is -2.58. The largest absolute Gasteiger partial charge is 0.316 e. The summed E-state index contributed by atoms with van der Waals surface area (Å²) in [6, 6.07) is 1.57. The van der Waals surface area contributed by atoms with Crippen LogP contribution in [0.1, 0.15) is 53.4 Å². The van der Waals surface area contributed by atoms with Gasteiger partial charge in [0.2, 0.25) is 0 Å². The average Bonchev–Trinajstić information content (AvgIpc) is 2.90. The molecule has 3 heteroatoms. The second-order valence-corrected chi connectivity index (χ2v) is 7.06. The first-order valence-electron chi connectivity index (χ1n) is 8.83. The van der Waals surface area contributed by atoms with Crippen molar-refractivity contribution in [3.8, 4) is 0 Å². The number of nitrogens with zero attached hydrogens (tertiary/aromatic N) is 2. The number of piperazine rings is 1. The van der Waals surface area contributed by atoms with Crippen LogP contribution in [0, 0.1) is 5.41 Å². The number of rotatable bonds is 7. The molecule has 2 atom stereocenters. The fourth-order valence-corrected chi connectivity index (χ4v) is 4.07. The van der Waals surface area contributed by atoms with Crippen LogP contribution in [0.4, 0.5) is 0 Å². The Balaban J connectivity index is 1.98. The lowest BCUT2D eigenvalue weighted by atomic mass is 9.81. The van der Waals surface area contributed by atoms with Crippen molar-refractivity contribution >= 4 is 0 Å². The molecular formula is C17H35N3. The lowest BCUT2D eigenvalue weighted by molar-refractivity contribution is 0.0225. The molecule has 2 saturated heterocycles. The van der Waals surface area contributed by atoms with Crippen molar-refractivity contribution in [3.63, 3.8) is 0 Å². The Labute approximate surface area is 126 Å². The van der Waals surface area contributed by atoms with Crippen LogP contribution in [0.2, 0.25) is 0 Å². The van der Waals surface area contributed by atoms with Gasteiger partial charge in [-0.2, -0.15) is 0 Å². The van der Waals surface area contributed by atoms with Gasteiger partial charge >= 0.3 is 0 Å². The summed E-state index contributed by atoms with van der Waals surface area (Å²) >= 11 is 0. The highest BCUT2D eigenvalue weighted by Crippen LogP contribution is 2.31. The molecule has 2 rings (SSSR count). The van der Waals surface area contributed by atoms with Gasteiger partial charge < -0.3 is 5.32 Å². The number of fused-ring (bicyclic) bond motifs is 1. The number of hydrogen-bond acceptors (Lipinski definition) is 3. The van der Waals surface area contributed by atoms with Gasteiger partial charge in [0, 0.05) is 38.3 Å². The molecule has 3 nitrogen and oxygen atoms in total. The molecule has 118 valence electrons. The standard InChI is InChI=1S/C17H35N3/c1-5-17(6-2,13-18-7-3)14-20-12-16-9-8-10-19(16)11-15(20)4/h15-16,18H,5-14H2,1-4H3. The molecule has 2 fully saturated rings. The molecule has 0 spiro atoms. The van der Waals surface area contributed by atoms with Crippen LogP contribution in [-0.4, -0.2) is 61.2 Å². The van der Waals surface area contributed by atoms with E-state index in [2.05, 4.69) is 42.8 Å². The fraction of sp³-hybridized carbons (Fsp3) is 1.00. The zero-order chi connectivity index (χ0) is 14.6. The van der Waals surface area contributed by atoms with Crippen molar-refractivity contribution in [2.24, 2.45) is 5.41 Å². The normalized spacial score (nSPS) is 28.8. The highest BCUT2D eigenvalue weighted by Gasteiger charge is 2.37. The summed E-state index contributed by atoms with van der Waals surface area (Å²) in [5, 5.41) is 3.60. The quantitative estimate of drug-likeness (QED) is 0.774. The van der Waals surface area contributed by atoms with Gasteiger partial charge in [0.15, 0.2) is 0 Å². The Morgan fingerprint density at radius 2 is 1.90 bits per heavy atom. The molecular weight excluding hydrogens is 246 g/mol. The van der Waals surface area contributed by atoms with Gasteiger partial charge in [-0.05, 0) is 51.1 Å². The molecule has 0 amide bonds. The highest BCUT2D eigenvalue weighted by atomic mass is 15.3. The fourth-order valence-electron chi connectivity index (χ4n) is 4.07. The molecule has 2 aliphatic rings. The minimum Gasteiger partial charge on any atom is -0.316 e. The zero-order valence-corrected chi connectivity index (χ0v) is 14.1. The molecule has 0 aliphatic carbocycles. The zero-order valence-electron chi connectivity index (χ0n) is 14.1. The van der Waals surface area contributed by atoms with E-state index in [-0.39, 0.29) is 0 Å². The predicted octanol–water partition coefficient (Wildman–Crippen LogP) is 2.57. The maximum Gasteiger partial charge on any atom is 0.0224 e. The van der Waals surface area contributed by atoms with Gasteiger partial charge in [0.1, 0.15) is 0 Å². The second kappa shape index (κ2) is 7.24. The molecule has 20 heavy (non-hydrogen) atoms. The van der Waals surface area contributed by atoms with Crippen molar-refractivity contribution in [3.05, 3.63) is 0 Å². The van der Waals surface area contributed by atoms with Crippen molar-refractivity contribution in [1.82, 2.24) is 15.1 Å². The molecule has 0 aromatic heterocycles. The van der Waals surface area contributed by atoms with E-state index in [1.807, 2.05) is 0 Å². The van der Waals surface area contributed by atoms with Gasteiger partial charge in [-0.3, -0.25) is 9.80 Å². The Morgan fingerprint density at radius 1 is 1.15 bits per heavy atom. The third-order valence-corrected chi connectivity index (χ3v) is 5.85. The summed E-state index contributed by atoms with van der Waals surface area (Å²) < 4.78 is 0. The van der Waals surface area contributed by atoms with E-state index in [4.69, 9.17) is 0 Å². The van der Waals surface area contributed by atoms with Crippen LogP contribution in [0.15, 0.2) is 0 Å². The van der Waals surface area contributed by atoms with Gasteiger partial charge in [0.05, 0.1) is 0 Å². The topological polar surface area (TPSA) is 18.5 Å². The van der Waals surface area contributed by atoms with Gasteiger partial charge in [0.25, 0.3) is 0 Å². The highest BCUT2D eigenvalue weighted by molar-refractivity contribution is 4.93. The molecule has 2 unspecified atom stereocenters. The second-order valence-electron chi connectivity index (χ2n) is 7.06. The van der Waals surface area contributed by atoms with Gasteiger partial charge in [-0.15, -0.1) is 0 Å². The maximum atomic E-state index is 3.60. The van der Waals surface area contributed by atoms with Crippen molar-refractivity contribution < 1.29 is 0 Å². The first-order chi connectivity index (χ1) is 9.64. The van der Waals surface area contributed by atoms with E-state index >= 15 is 0 Å². The summed E-state index contributed by atoms with van der Waals surface area (Å²) in [5.74, 6) is 0. The smallest absolute Gasteiger partial charge is 0.0224 e. The number of nitrogens with one attached hydrogen (secondary N) is 1. The molecule has 0 aromatic rings. The maximum absolute atomic E-state index is 3.60. The van der Waals surface area contributed by atoms with Crippen LogP contribution < -0.4 is 5.32 Å². The van der Waals surface area contributed by atoms with E-state index in [9.17, 15) is 0 Å². The Hall–Kier alpha value is -0.120. The summed E-state index contributed by atoms with van der Waals surface area (Å²) in [5.41, 5.74) is 0.463. The minimum absolute atomic E-state index is 0.463. The Kier molecular flexibility index (Phi) is 5.88. The van der Waals surface area contributed by atoms with E-state index in [1.165, 1.54) is 58.4 Å². The summed E-state index contributed by atoms with van der Waals surface area (Å²) in [6.45, 7) is 16.9. The summed E-state index contributed by atoms with van der Waals surface area (Å²) in [4.78, 5) is 5.52. The third kappa shape index (κ3) is 3.55. The average molecular weight is 281 g/mol. The molecule has 1 N–H and O–H groups in total. The van der Waals surface area contributed by atoms with Gasteiger partial charge in [-0.1, -0.05) is 20.8 Å². The molecule has 2 aliphatic heterocycles. The van der Waals surface area contributed by atoms with Crippen molar-refractivity contribution in [2.75, 3.05) is 39.3 Å². The van der Waals surface area contributed by atoms with Crippen molar-refractivity contribution in [1.29, 1.82) is 0 Å². The van der Waals surface area contributed by atoms with E-state index in [0.29, 0.717) is 5.41 Å². The Bertz CT molecular complexity index is 288. The number of hydrogen-bond donors (Lipinski definition) is 1. The first-order valence-corrected chi connectivity index (χ1v) is 8.83. The molecule has 0 bridgehead atoms. The summed E-state index contributed by atoms with van der Waals surface area (Å²) in [6.07, 6.45) is 5.40. The summed E-state index contributed by atoms with van der Waals surface area (Å²) in [7, 11) is 0. The van der Waals surface area contributed by atoms with Crippen LogP contribution in [0.5, 0.6) is 0 Å². The predicted molar refractivity (Wildman–Crippen MR) is 87.2 cm³/mol. The van der Waals surface area contributed by atoms with Crippen molar-refractivity contribution in [2.45, 2.75) is 65.5 Å². The lowest BCUT2D eigenvalue weighted by Gasteiger charge is -2.46. The minimum atomic E-state index is 0.463. The van der Waals surface area contributed by atoms with Crippen LogP contribution in [0.25, 0.3) is 0 Å². The van der Waals surface area contributed by atoms with Gasteiger partial charge in [-0.25, -0.2) is 0 Å². The first kappa shape index (κ1) is 16.3. The van der Waals surface area contributed by atoms with Crippen LogP contribution in [-0.2, 0) is 0 Å². The van der Waals surface area contributed by atoms with Crippen LogP contribution in [0.3, 0.4) is 0 Å². The molecule has 0 radical (unpaired) electrons. The monoisotopic (exact) mass is 281 g/mol. The molecule has 0 saturated carbocycles. The van der Waals surface area contributed by atoms with E-state index in [0.717, 1.165) is 18.6 Å². The SMILES string of the molecule is CCNCC(CC)(CC)CN1CC2CCCN2CC1C. The Morgan fingerprint density at radius 3 is 2.55 bits per heavy atom. The molecule has 2 heterocycles. The third-order valence-electron chi connectivity index (χ3n) is 5.85. The van der Waals surface area contributed by atoms with E-state index in [1.54, 1.807) is 0 Å².